The van der Waals surface area contributed by atoms with Crippen LogP contribution in [0.3, 0.4) is 0 Å². The van der Waals surface area contributed by atoms with Crippen LogP contribution in [0.2, 0.25) is 0 Å². The maximum absolute atomic E-state index is 11.3. The number of aliphatic imine (C=N–C) groups is 1. The monoisotopic (exact) mass is 307 g/mol. The highest BCUT2D eigenvalue weighted by molar-refractivity contribution is 6.05. The molecule has 2 N–H and O–H groups in total. The summed E-state index contributed by atoms with van der Waals surface area (Å²) in [5, 5.41) is 13.9. The van der Waals surface area contributed by atoms with Crippen LogP contribution in [0, 0.1) is 5.92 Å². The molecule has 1 heterocycles. The number of hydrazone groups is 1. The zero-order chi connectivity index (χ0) is 16.2. The summed E-state index contributed by atoms with van der Waals surface area (Å²) in [6.07, 6.45) is 2.08. The van der Waals surface area contributed by atoms with E-state index in [0.717, 1.165) is 17.0 Å². The Hall–Kier alpha value is -2.95. The summed E-state index contributed by atoms with van der Waals surface area (Å²) in [6.45, 7) is 1.99. The van der Waals surface area contributed by atoms with Gasteiger partial charge in [-0.1, -0.05) is 31.2 Å². The minimum Gasteiger partial charge on any atom is -0.507 e. The quantitative estimate of drug-likeness (QED) is 0.855. The number of nitrogens with one attached hydrogen (secondary N) is 1. The van der Waals surface area contributed by atoms with Crippen LogP contribution in [0.4, 0.5) is 5.69 Å². The zero-order valence-electron chi connectivity index (χ0n) is 12.7. The first-order chi connectivity index (χ1) is 11.1. The standard InChI is InChI=1S/C18H17N3O2/c1-12-10-17(23)20-21-18(12)13-6-8-15(9-7-13)19-11-14-4-2-3-5-16(14)22/h2-9,11-12,22H,10H2,1H3,(H,20,23)/t12-/m1/s1. The molecule has 1 atom stereocenters. The second kappa shape index (κ2) is 6.44. The van der Waals surface area contributed by atoms with Crippen LogP contribution < -0.4 is 5.43 Å². The summed E-state index contributed by atoms with van der Waals surface area (Å²) >= 11 is 0. The summed E-state index contributed by atoms with van der Waals surface area (Å²) in [4.78, 5) is 15.7. The molecular formula is C18H17N3O2. The van der Waals surface area contributed by atoms with E-state index in [0.29, 0.717) is 12.0 Å². The molecule has 23 heavy (non-hydrogen) atoms. The first kappa shape index (κ1) is 15.0. The van der Waals surface area contributed by atoms with Gasteiger partial charge in [0, 0.05) is 24.1 Å². The van der Waals surface area contributed by atoms with Crippen LogP contribution in [0.15, 0.2) is 58.6 Å². The molecule has 1 amide bonds. The Morgan fingerprint density at radius 2 is 1.96 bits per heavy atom. The maximum Gasteiger partial charge on any atom is 0.240 e. The number of para-hydroxylation sites is 1. The average molecular weight is 307 g/mol. The summed E-state index contributed by atoms with van der Waals surface area (Å²) in [6, 6.07) is 14.7. The van der Waals surface area contributed by atoms with Gasteiger partial charge in [-0.3, -0.25) is 9.79 Å². The number of nitrogens with zero attached hydrogens (tertiary/aromatic N) is 2. The third-order valence-electron chi connectivity index (χ3n) is 3.71. The lowest BCUT2D eigenvalue weighted by Gasteiger charge is -2.19. The van der Waals surface area contributed by atoms with Gasteiger partial charge in [0.25, 0.3) is 0 Å². The Labute approximate surface area is 134 Å². The van der Waals surface area contributed by atoms with E-state index < -0.39 is 0 Å². The van der Waals surface area contributed by atoms with Gasteiger partial charge in [0.1, 0.15) is 5.75 Å². The maximum atomic E-state index is 11.3. The fraction of sp³-hybridized carbons (Fsp3) is 0.167. The minimum atomic E-state index is -0.0508. The van der Waals surface area contributed by atoms with Crippen molar-refractivity contribution in [2.75, 3.05) is 0 Å². The number of carbonyl (C=O) groups is 1. The molecule has 0 radical (unpaired) electrons. The lowest BCUT2D eigenvalue weighted by Crippen LogP contribution is -2.31. The molecule has 0 bridgehead atoms. The normalized spacial score (nSPS) is 17.9. The Bertz CT molecular complexity index is 779. The highest BCUT2D eigenvalue weighted by Gasteiger charge is 2.21. The molecule has 1 aliphatic heterocycles. The molecule has 3 rings (SSSR count). The number of rotatable bonds is 3. The molecule has 0 spiro atoms. The minimum absolute atomic E-state index is 0.0508. The molecule has 0 aromatic heterocycles. The second-order valence-electron chi connectivity index (χ2n) is 5.50. The summed E-state index contributed by atoms with van der Waals surface area (Å²) in [5.41, 5.74) is 5.82. The van der Waals surface area contributed by atoms with E-state index in [1.165, 1.54) is 0 Å². The molecule has 5 heteroatoms. The van der Waals surface area contributed by atoms with Crippen molar-refractivity contribution in [3.05, 3.63) is 59.7 Å². The zero-order valence-corrected chi connectivity index (χ0v) is 12.7. The number of hydrogen-bond acceptors (Lipinski definition) is 4. The molecule has 0 unspecified atom stereocenters. The molecule has 2 aromatic carbocycles. The van der Waals surface area contributed by atoms with Crippen molar-refractivity contribution < 1.29 is 9.90 Å². The number of phenolic OH excluding ortho intramolecular Hbond substituents is 1. The molecule has 0 saturated heterocycles. The van der Waals surface area contributed by atoms with Gasteiger partial charge in [-0.05, 0) is 29.8 Å². The van der Waals surface area contributed by atoms with Gasteiger partial charge in [0.15, 0.2) is 0 Å². The molecule has 1 aliphatic rings. The molecule has 2 aromatic rings. The number of aromatic hydroxyl groups is 1. The number of benzene rings is 2. The third kappa shape index (κ3) is 3.45. The molecular weight excluding hydrogens is 290 g/mol. The van der Waals surface area contributed by atoms with E-state index in [4.69, 9.17) is 0 Å². The van der Waals surface area contributed by atoms with E-state index in [1.807, 2.05) is 37.3 Å². The molecule has 116 valence electrons. The highest BCUT2D eigenvalue weighted by atomic mass is 16.3. The van der Waals surface area contributed by atoms with Crippen molar-refractivity contribution in [3.63, 3.8) is 0 Å². The molecule has 0 fully saturated rings. The van der Waals surface area contributed by atoms with E-state index in [9.17, 15) is 9.90 Å². The van der Waals surface area contributed by atoms with Crippen LogP contribution in [0.25, 0.3) is 0 Å². The Kier molecular flexibility index (Phi) is 4.19. The fourth-order valence-corrected chi connectivity index (χ4v) is 2.46. The topological polar surface area (TPSA) is 74.0 Å². The van der Waals surface area contributed by atoms with Crippen LogP contribution in [-0.4, -0.2) is 22.9 Å². The SMILES string of the molecule is C[C@@H]1CC(=O)NN=C1c1ccc(N=Cc2ccccc2O)cc1. The van der Waals surface area contributed by atoms with Crippen LogP contribution in [-0.2, 0) is 4.79 Å². The lowest BCUT2D eigenvalue weighted by atomic mass is 9.94. The Morgan fingerprint density at radius 3 is 2.65 bits per heavy atom. The first-order valence-corrected chi connectivity index (χ1v) is 7.42. The van der Waals surface area contributed by atoms with E-state index in [1.54, 1.807) is 24.4 Å². The van der Waals surface area contributed by atoms with Crippen molar-refractivity contribution in [1.82, 2.24) is 5.43 Å². The summed E-state index contributed by atoms with van der Waals surface area (Å²) in [7, 11) is 0. The van der Waals surface area contributed by atoms with Crippen molar-refractivity contribution in [3.8, 4) is 5.75 Å². The second-order valence-corrected chi connectivity index (χ2v) is 5.50. The summed E-state index contributed by atoms with van der Waals surface area (Å²) < 4.78 is 0. The van der Waals surface area contributed by atoms with Crippen molar-refractivity contribution in [1.29, 1.82) is 0 Å². The number of carbonyl (C=O) groups excluding carboxylic acids is 1. The van der Waals surface area contributed by atoms with Crippen LogP contribution in [0.5, 0.6) is 5.75 Å². The Balaban J connectivity index is 1.78. The van der Waals surface area contributed by atoms with Gasteiger partial charge in [-0.2, -0.15) is 5.10 Å². The third-order valence-corrected chi connectivity index (χ3v) is 3.71. The smallest absolute Gasteiger partial charge is 0.240 e. The Morgan fingerprint density at radius 1 is 1.22 bits per heavy atom. The predicted octanol–water partition coefficient (Wildman–Crippen LogP) is 3.00. The molecule has 5 nitrogen and oxygen atoms in total. The van der Waals surface area contributed by atoms with Gasteiger partial charge >= 0.3 is 0 Å². The van der Waals surface area contributed by atoms with Crippen LogP contribution in [0.1, 0.15) is 24.5 Å². The number of hydrogen-bond donors (Lipinski definition) is 2. The number of amides is 1. The largest absolute Gasteiger partial charge is 0.507 e. The van der Waals surface area contributed by atoms with Gasteiger partial charge in [0.2, 0.25) is 5.91 Å². The first-order valence-electron chi connectivity index (χ1n) is 7.42. The van der Waals surface area contributed by atoms with Crippen molar-refractivity contribution >= 4 is 23.5 Å². The van der Waals surface area contributed by atoms with Crippen molar-refractivity contribution in [2.45, 2.75) is 13.3 Å². The van der Waals surface area contributed by atoms with Gasteiger partial charge < -0.3 is 5.11 Å². The molecule has 0 saturated carbocycles. The lowest BCUT2D eigenvalue weighted by molar-refractivity contribution is -0.121. The molecule has 0 aliphatic carbocycles. The predicted molar refractivity (Wildman–Crippen MR) is 90.3 cm³/mol. The van der Waals surface area contributed by atoms with Gasteiger partial charge in [0.05, 0.1) is 11.4 Å². The summed E-state index contributed by atoms with van der Waals surface area (Å²) in [5.74, 6) is 0.249. The highest BCUT2D eigenvalue weighted by Crippen LogP contribution is 2.20. The fourth-order valence-electron chi connectivity index (χ4n) is 2.46. The van der Waals surface area contributed by atoms with Crippen LogP contribution >= 0.6 is 0 Å². The van der Waals surface area contributed by atoms with Crippen molar-refractivity contribution in [2.24, 2.45) is 16.0 Å². The average Bonchev–Trinajstić information content (AvgIpc) is 2.55. The van der Waals surface area contributed by atoms with E-state index >= 15 is 0 Å². The number of phenols is 1. The van der Waals surface area contributed by atoms with Gasteiger partial charge in [-0.25, -0.2) is 5.43 Å². The van der Waals surface area contributed by atoms with Gasteiger partial charge in [-0.15, -0.1) is 0 Å². The van der Waals surface area contributed by atoms with E-state index in [-0.39, 0.29) is 17.6 Å². The van der Waals surface area contributed by atoms with E-state index in [2.05, 4.69) is 15.5 Å².